The fourth-order valence-corrected chi connectivity index (χ4v) is 5.57. The second-order valence-corrected chi connectivity index (χ2v) is 10.6. The third-order valence-electron chi connectivity index (χ3n) is 7.62. The molecule has 1 spiro atoms. The molecule has 0 radical (unpaired) electrons. The molecule has 1 unspecified atom stereocenters. The summed E-state index contributed by atoms with van der Waals surface area (Å²) in [7, 11) is 0. The Balaban J connectivity index is 1.36. The van der Waals surface area contributed by atoms with E-state index in [1.54, 1.807) is 13.8 Å². The van der Waals surface area contributed by atoms with Crippen molar-refractivity contribution < 1.29 is 14.4 Å². The maximum atomic E-state index is 13.7. The van der Waals surface area contributed by atoms with Crippen LogP contribution in [0.1, 0.15) is 54.6 Å². The maximum Gasteiger partial charge on any atom is 0.245 e. The number of fused-ring (bicyclic) bond motifs is 3. The molecule has 1 saturated heterocycles. The van der Waals surface area contributed by atoms with Crippen LogP contribution in [0.5, 0.6) is 0 Å². The van der Waals surface area contributed by atoms with Gasteiger partial charge in [-0.05, 0) is 43.9 Å². The molecule has 5 rings (SSSR count). The van der Waals surface area contributed by atoms with Crippen LogP contribution in [0.15, 0.2) is 54.7 Å². The Morgan fingerprint density at radius 3 is 2.54 bits per heavy atom. The van der Waals surface area contributed by atoms with Crippen LogP contribution in [0.3, 0.4) is 0 Å². The molecule has 1 atom stereocenters. The molecule has 1 fully saturated rings. The van der Waals surface area contributed by atoms with Crippen molar-refractivity contribution in [1.82, 2.24) is 15.2 Å². The Labute approximate surface area is 205 Å². The lowest BCUT2D eigenvalue weighted by Gasteiger charge is -2.41. The van der Waals surface area contributed by atoms with Gasteiger partial charge in [-0.15, -0.1) is 0 Å². The van der Waals surface area contributed by atoms with E-state index >= 15 is 0 Å². The minimum Gasteiger partial charge on any atom is -0.361 e. The standard InChI is InChI=1S/C28H32N4O3/c1-27(2,29)26(35)31-23(15-18-17-30-22-10-6-4-7-19(18)22)25(34)32-13-11-28(12-14-32)16-24(33)20-8-3-5-9-21(20)28/h3-10,17,23,30H,11-16,29H2,1-2H3,(H,31,35). The smallest absolute Gasteiger partial charge is 0.245 e. The SMILES string of the molecule is CC(C)(N)C(=O)NC(Cc1c[nH]c2ccccc12)C(=O)N1CCC2(CC1)CC(=O)c1ccccc12. The zero-order chi connectivity index (χ0) is 24.8. The molecule has 7 nitrogen and oxygen atoms in total. The van der Waals surface area contributed by atoms with Crippen LogP contribution in [-0.2, 0) is 21.4 Å². The third-order valence-corrected chi connectivity index (χ3v) is 7.62. The summed E-state index contributed by atoms with van der Waals surface area (Å²) in [4.78, 5) is 44.2. The van der Waals surface area contributed by atoms with Gasteiger partial charge in [0.25, 0.3) is 0 Å². The molecule has 1 aliphatic carbocycles. The summed E-state index contributed by atoms with van der Waals surface area (Å²) in [5, 5.41) is 3.95. The predicted octanol–water partition coefficient (Wildman–Crippen LogP) is 3.08. The number of nitrogens with one attached hydrogen (secondary N) is 2. The van der Waals surface area contributed by atoms with E-state index in [1.165, 1.54) is 0 Å². The molecule has 35 heavy (non-hydrogen) atoms. The summed E-state index contributed by atoms with van der Waals surface area (Å²) >= 11 is 0. The van der Waals surface area contributed by atoms with Crippen molar-refractivity contribution in [2.24, 2.45) is 5.73 Å². The van der Waals surface area contributed by atoms with E-state index in [0.29, 0.717) is 25.9 Å². The monoisotopic (exact) mass is 472 g/mol. The quantitative estimate of drug-likeness (QED) is 0.530. The van der Waals surface area contributed by atoms with Crippen LogP contribution in [0, 0.1) is 0 Å². The van der Waals surface area contributed by atoms with E-state index in [0.717, 1.165) is 40.4 Å². The summed E-state index contributed by atoms with van der Waals surface area (Å²) in [6, 6.07) is 15.0. The molecule has 2 heterocycles. The third kappa shape index (κ3) is 4.25. The zero-order valence-corrected chi connectivity index (χ0v) is 20.3. The number of ketones is 1. The van der Waals surface area contributed by atoms with E-state index in [1.807, 2.05) is 53.6 Å². The first-order valence-corrected chi connectivity index (χ1v) is 12.2. The van der Waals surface area contributed by atoms with Gasteiger partial charge in [0.2, 0.25) is 11.8 Å². The highest BCUT2D eigenvalue weighted by Gasteiger charge is 2.46. The van der Waals surface area contributed by atoms with E-state index in [-0.39, 0.29) is 23.0 Å². The molecular formula is C28H32N4O3. The van der Waals surface area contributed by atoms with Crippen LogP contribution >= 0.6 is 0 Å². The number of benzene rings is 2. The molecule has 1 aliphatic heterocycles. The van der Waals surface area contributed by atoms with Crippen LogP contribution in [0.2, 0.25) is 0 Å². The van der Waals surface area contributed by atoms with Crippen molar-refractivity contribution in [2.75, 3.05) is 13.1 Å². The number of rotatable bonds is 5. The number of amides is 2. The first kappa shape index (κ1) is 23.3. The topological polar surface area (TPSA) is 108 Å². The average molecular weight is 473 g/mol. The summed E-state index contributed by atoms with van der Waals surface area (Å²) in [6.07, 6.45) is 4.24. The number of para-hydroxylation sites is 1. The van der Waals surface area contributed by atoms with E-state index in [4.69, 9.17) is 5.73 Å². The summed E-state index contributed by atoms with van der Waals surface area (Å²) < 4.78 is 0. The van der Waals surface area contributed by atoms with Crippen LogP contribution in [0.25, 0.3) is 10.9 Å². The highest BCUT2D eigenvalue weighted by molar-refractivity contribution is 6.02. The van der Waals surface area contributed by atoms with Crippen molar-refractivity contribution in [3.8, 4) is 0 Å². The minimum absolute atomic E-state index is 0.111. The lowest BCUT2D eigenvalue weighted by atomic mass is 9.73. The predicted molar refractivity (Wildman–Crippen MR) is 135 cm³/mol. The van der Waals surface area contributed by atoms with Gasteiger partial charge in [-0.1, -0.05) is 42.5 Å². The summed E-state index contributed by atoms with van der Waals surface area (Å²) in [5.74, 6) is -0.283. The van der Waals surface area contributed by atoms with Crippen LogP contribution in [0.4, 0.5) is 0 Å². The molecule has 2 aliphatic rings. The second-order valence-electron chi connectivity index (χ2n) is 10.6. The zero-order valence-electron chi connectivity index (χ0n) is 20.3. The average Bonchev–Trinajstić information content (AvgIpc) is 3.37. The highest BCUT2D eigenvalue weighted by Crippen LogP contribution is 2.46. The number of aromatic amines is 1. The van der Waals surface area contributed by atoms with Gasteiger partial charge in [0.1, 0.15) is 6.04 Å². The number of hydrogen-bond acceptors (Lipinski definition) is 4. The van der Waals surface area contributed by atoms with E-state index in [9.17, 15) is 14.4 Å². The lowest BCUT2D eigenvalue weighted by molar-refractivity contribution is -0.138. The van der Waals surface area contributed by atoms with Gasteiger partial charge >= 0.3 is 0 Å². The summed E-state index contributed by atoms with van der Waals surface area (Å²) in [5.41, 5.74) is 8.64. The van der Waals surface area contributed by atoms with Crippen LogP contribution < -0.4 is 11.1 Å². The van der Waals surface area contributed by atoms with Gasteiger partial charge in [-0.3, -0.25) is 14.4 Å². The van der Waals surface area contributed by atoms with E-state index < -0.39 is 11.6 Å². The minimum atomic E-state index is -1.10. The number of Topliss-reactive ketones (excluding diaryl/α,β-unsaturated/α-hetero) is 1. The fourth-order valence-electron chi connectivity index (χ4n) is 5.57. The fraction of sp³-hybridized carbons (Fsp3) is 0.393. The molecular weight excluding hydrogens is 440 g/mol. The van der Waals surface area contributed by atoms with Gasteiger partial charge in [0.05, 0.1) is 5.54 Å². The first-order valence-electron chi connectivity index (χ1n) is 12.2. The number of hydrogen-bond donors (Lipinski definition) is 3. The summed E-state index contributed by atoms with van der Waals surface area (Å²) in [6.45, 7) is 4.36. The van der Waals surface area contributed by atoms with E-state index in [2.05, 4.69) is 16.4 Å². The lowest BCUT2D eigenvalue weighted by Crippen LogP contribution is -2.58. The normalized spacial score (nSPS) is 18.0. The number of piperidine rings is 1. The molecule has 4 N–H and O–H groups in total. The Kier molecular flexibility index (Phi) is 5.75. The molecule has 182 valence electrons. The van der Waals surface area contributed by atoms with Gasteiger partial charge < -0.3 is 20.9 Å². The molecule has 0 bridgehead atoms. The largest absolute Gasteiger partial charge is 0.361 e. The Hall–Kier alpha value is -3.45. The maximum absolute atomic E-state index is 13.7. The van der Waals surface area contributed by atoms with Gasteiger partial charge in [0.15, 0.2) is 5.78 Å². The van der Waals surface area contributed by atoms with Crippen molar-refractivity contribution in [2.45, 2.75) is 56.5 Å². The number of carbonyl (C=O) groups excluding carboxylic acids is 3. The van der Waals surface area contributed by atoms with Gasteiger partial charge in [-0.2, -0.15) is 0 Å². The van der Waals surface area contributed by atoms with Crippen molar-refractivity contribution in [3.05, 3.63) is 71.4 Å². The van der Waals surface area contributed by atoms with Crippen molar-refractivity contribution in [1.29, 1.82) is 0 Å². The molecule has 0 saturated carbocycles. The first-order chi connectivity index (χ1) is 16.7. The second kappa shape index (κ2) is 8.64. The van der Waals surface area contributed by atoms with Gasteiger partial charge in [0, 0.05) is 54.0 Å². The Bertz CT molecular complexity index is 1290. The number of nitrogens with zero attached hydrogens (tertiary/aromatic N) is 1. The van der Waals surface area contributed by atoms with Gasteiger partial charge in [-0.25, -0.2) is 0 Å². The number of H-pyrrole nitrogens is 1. The number of carbonyl (C=O) groups is 3. The van der Waals surface area contributed by atoms with Crippen molar-refractivity contribution >= 4 is 28.5 Å². The van der Waals surface area contributed by atoms with Crippen molar-refractivity contribution in [3.63, 3.8) is 0 Å². The molecule has 3 aromatic rings. The Morgan fingerprint density at radius 1 is 1.11 bits per heavy atom. The number of likely N-dealkylation sites (tertiary alicyclic amines) is 1. The molecule has 7 heteroatoms. The highest BCUT2D eigenvalue weighted by atomic mass is 16.2. The molecule has 2 aromatic carbocycles. The molecule has 1 aromatic heterocycles. The number of aromatic nitrogens is 1. The molecule has 2 amide bonds. The van der Waals surface area contributed by atoms with Crippen LogP contribution in [-0.4, -0.2) is 52.2 Å². The Morgan fingerprint density at radius 2 is 1.80 bits per heavy atom. The number of nitrogens with two attached hydrogens (primary N) is 1.